The quantitative estimate of drug-likeness (QED) is 0.429. The predicted molar refractivity (Wildman–Crippen MR) is 115 cm³/mol. The number of para-hydroxylation sites is 1. The van der Waals surface area contributed by atoms with Gasteiger partial charge in [-0.25, -0.2) is 8.42 Å². The van der Waals surface area contributed by atoms with Crippen LogP contribution in [-0.4, -0.2) is 21.4 Å². The number of furan rings is 1. The van der Waals surface area contributed by atoms with Gasteiger partial charge >= 0.3 is 5.91 Å². The number of carbonyl (C=O) groups is 1. The van der Waals surface area contributed by atoms with Gasteiger partial charge in [0.1, 0.15) is 11.3 Å². The molecule has 1 amide bonds. The molecule has 0 bridgehead atoms. The van der Waals surface area contributed by atoms with Crippen molar-refractivity contribution in [1.82, 2.24) is 0 Å². The van der Waals surface area contributed by atoms with E-state index in [1.807, 2.05) is 0 Å². The van der Waals surface area contributed by atoms with Gasteiger partial charge in [0.25, 0.3) is 10.0 Å². The van der Waals surface area contributed by atoms with Crippen LogP contribution < -0.4 is 9.04 Å². The SMILES string of the molecule is COc1ccc(N(C(=O)c2cc3ccccc3o2)S(=O)(=O)c2ccccc2)cc1Cl. The van der Waals surface area contributed by atoms with Crippen LogP contribution in [0.3, 0.4) is 0 Å². The number of ether oxygens (including phenoxy) is 1. The summed E-state index contributed by atoms with van der Waals surface area (Å²) in [4.78, 5) is 13.3. The van der Waals surface area contributed by atoms with Gasteiger partial charge in [0.15, 0.2) is 5.76 Å². The van der Waals surface area contributed by atoms with E-state index in [9.17, 15) is 13.2 Å². The minimum atomic E-state index is -4.25. The fourth-order valence-corrected chi connectivity index (χ4v) is 4.70. The Hall–Kier alpha value is -3.29. The number of hydrogen-bond donors (Lipinski definition) is 0. The number of rotatable bonds is 5. The van der Waals surface area contributed by atoms with Crippen molar-refractivity contribution in [3.63, 3.8) is 0 Å². The van der Waals surface area contributed by atoms with E-state index in [4.69, 9.17) is 20.8 Å². The Morgan fingerprint density at radius 1 is 0.967 bits per heavy atom. The molecule has 1 aromatic heterocycles. The molecule has 4 rings (SSSR count). The summed E-state index contributed by atoms with van der Waals surface area (Å²) in [5, 5.41) is 0.853. The van der Waals surface area contributed by atoms with Gasteiger partial charge in [0.2, 0.25) is 0 Å². The Bertz CT molecular complexity index is 1300. The highest BCUT2D eigenvalue weighted by Crippen LogP contribution is 2.33. The molecule has 0 aliphatic carbocycles. The topological polar surface area (TPSA) is 76.8 Å². The fourth-order valence-electron chi connectivity index (χ4n) is 3.03. The maximum absolute atomic E-state index is 13.4. The molecule has 0 fully saturated rings. The Morgan fingerprint density at radius 3 is 2.33 bits per heavy atom. The summed E-state index contributed by atoms with van der Waals surface area (Å²) in [5.41, 5.74) is 0.542. The molecule has 0 N–H and O–H groups in total. The molecule has 0 saturated carbocycles. The highest BCUT2D eigenvalue weighted by molar-refractivity contribution is 7.93. The monoisotopic (exact) mass is 441 g/mol. The van der Waals surface area contributed by atoms with E-state index in [2.05, 4.69) is 0 Å². The maximum Gasteiger partial charge on any atom is 0.308 e. The number of amides is 1. The second-order valence-electron chi connectivity index (χ2n) is 6.35. The molecule has 8 heteroatoms. The fraction of sp³-hybridized carbons (Fsp3) is 0.0455. The lowest BCUT2D eigenvalue weighted by Crippen LogP contribution is -2.36. The first-order valence-electron chi connectivity index (χ1n) is 8.88. The van der Waals surface area contributed by atoms with Gasteiger partial charge in [-0.2, -0.15) is 4.31 Å². The summed E-state index contributed by atoms with van der Waals surface area (Å²) in [6.45, 7) is 0. The molecular formula is C22H16ClNO5S. The van der Waals surface area contributed by atoms with Crippen LogP contribution in [-0.2, 0) is 10.0 Å². The number of methoxy groups -OCH3 is 1. The van der Waals surface area contributed by atoms with E-state index < -0.39 is 15.9 Å². The standard InChI is InChI=1S/C22H16ClNO5S/c1-28-20-12-11-16(14-18(20)23)24(30(26,27)17-8-3-2-4-9-17)22(25)21-13-15-7-5-6-10-19(15)29-21/h2-14H,1H3. The van der Waals surface area contributed by atoms with Gasteiger partial charge in [-0.3, -0.25) is 4.79 Å². The van der Waals surface area contributed by atoms with Gasteiger partial charge < -0.3 is 9.15 Å². The van der Waals surface area contributed by atoms with E-state index in [1.165, 1.54) is 43.5 Å². The number of halogens is 1. The van der Waals surface area contributed by atoms with Crippen LogP contribution in [0.4, 0.5) is 5.69 Å². The molecule has 0 unspecified atom stereocenters. The normalized spacial score (nSPS) is 11.4. The van der Waals surface area contributed by atoms with Crippen molar-refractivity contribution in [2.45, 2.75) is 4.90 Å². The summed E-state index contributed by atoms with van der Waals surface area (Å²) in [5.74, 6) is -0.590. The molecule has 4 aromatic rings. The van der Waals surface area contributed by atoms with E-state index in [1.54, 1.807) is 42.5 Å². The van der Waals surface area contributed by atoms with Crippen molar-refractivity contribution in [2.24, 2.45) is 0 Å². The number of hydrogen-bond acceptors (Lipinski definition) is 5. The Kier molecular flexibility index (Phi) is 5.24. The first kappa shape index (κ1) is 20.0. The minimum absolute atomic E-state index is 0.0404. The number of nitrogens with zero attached hydrogens (tertiary/aromatic N) is 1. The first-order valence-corrected chi connectivity index (χ1v) is 10.7. The van der Waals surface area contributed by atoms with Crippen LogP contribution in [0.2, 0.25) is 5.02 Å². The molecule has 152 valence electrons. The van der Waals surface area contributed by atoms with Crippen molar-refractivity contribution in [3.8, 4) is 5.75 Å². The first-order chi connectivity index (χ1) is 14.4. The average Bonchev–Trinajstić information content (AvgIpc) is 3.19. The van der Waals surface area contributed by atoms with Crippen LogP contribution in [0, 0.1) is 0 Å². The van der Waals surface area contributed by atoms with Gasteiger partial charge in [-0.05, 0) is 42.5 Å². The Balaban J connectivity index is 1.89. The predicted octanol–water partition coefficient (Wildman–Crippen LogP) is 5.13. The number of fused-ring (bicyclic) bond motifs is 1. The van der Waals surface area contributed by atoms with E-state index in [0.29, 0.717) is 21.0 Å². The van der Waals surface area contributed by atoms with Crippen LogP contribution in [0.1, 0.15) is 10.6 Å². The zero-order chi connectivity index (χ0) is 21.3. The van der Waals surface area contributed by atoms with E-state index >= 15 is 0 Å². The second kappa shape index (κ2) is 7.85. The molecule has 0 atom stereocenters. The van der Waals surface area contributed by atoms with Gasteiger partial charge in [0, 0.05) is 5.39 Å². The average molecular weight is 442 g/mol. The highest BCUT2D eigenvalue weighted by atomic mass is 35.5. The third-order valence-electron chi connectivity index (χ3n) is 4.47. The molecule has 30 heavy (non-hydrogen) atoms. The molecule has 0 aliphatic heterocycles. The van der Waals surface area contributed by atoms with Crippen LogP contribution >= 0.6 is 11.6 Å². The maximum atomic E-state index is 13.4. The van der Waals surface area contributed by atoms with Gasteiger partial charge in [-0.15, -0.1) is 0 Å². The number of benzene rings is 3. The van der Waals surface area contributed by atoms with Crippen molar-refractivity contribution in [1.29, 1.82) is 0 Å². The highest BCUT2D eigenvalue weighted by Gasteiger charge is 2.34. The Morgan fingerprint density at radius 2 is 1.67 bits per heavy atom. The third-order valence-corrected chi connectivity index (χ3v) is 6.49. The largest absolute Gasteiger partial charge is 0.495 e. The second-order valence-corrected chi connectivity index (χ2v) is 8.55. The van der Waals surface area contributed by atoms with E-state index in [0.717, 1.165) is 0 Å². The summed E-state index contributed by atoms with van der Waals surface area (Å²) >= 11 is 6.20. The summed E-state index contributed by atoms with van der Waals surface area (Å²) in [6, 6.07) is 20.5. The molecular weight excluding hydrogens is 426 g/mol. The lowest BCUT2D eigenvalue weighted by molar-refractivity contribution is 0.0981. The van der Waals surface area contributed by atoms with E-state index in [-0.39, 0.29) is 21.4 Å². The summed E-state index contributed by atoms with van der Waals surface area (Å²) in [6.07, 6.45) is 0. The molecule has 1 heterocycles. The zero-order valence-corrected chi connectivity index (χ0v) is 17.4. The van der Waals surface area contributed by atoms with Gasteiger partial charge in [-0.1, -0.05) is 48.0 Å². The van der Waals surface area contributed by atoms with Crippen molar-refractivity contribution >= 4 is 44.2 Å². The molecule has 0 spiro atoms. The number of carbonyl (C=O) groups excluding carboxylic acids is 1. The third kappa shape index (κ3) is 3.53. The number of sulfonamides is 1. The lowest BCUT2D eigenvalue weighted by Gasteiger charge is -2.22. The molecule has 0 radical (unpaired) electrons. The Labute approximate surface area is 178 Å². The van der Waals surface area contributed by atoms with Crippen molar-refractivity contribution < 1.29 is 22.4 Å². The summed E-state index contributed by atoms with van der Waals surface area (Å²) < 4.78 is 38.3. The molecule has 3 aromatic carbocycles. The van der Waals surface area contributed by atoms with Crippen molar-refractivity contribution in [2.75, 3.05) is 11.4 Å². The zero-order valence-electron chi connectivity index (χ0n) is 15.8. The minimum Gasteiger partial charge on any atom is -0.495 e. The van der Waals surface area contributed by atoms with Crippen LogP contribution in [0.15, 0.2) is 88.2 Å². The molecule has 0 saturated heterocycles. The van der Waals surface area contributed by atoms with Crippen LogP contribution in [0.5, 0.6) is 5.75 Å². The van der Waals surface area contributed by atoms with Crippen LogP contribution in [0.25, 0.3) is 11.0 Å². The molecule has 0 aliphatic rings. The van der Waals surface area contributed by atoms with Crippen molar-refractivity contribution in [3.05, 3.63) is 89.6 Å². The summed E-state index contributed by atoms with van der Waals surface area (Å²) in [7, 11) is -2.81. The lowest BCUT2D eigenvalue weighted by atomic mass is 10.2. The number of anilines is 1. The smallest absolute Gasteiger partial charge is 0.308 e. The molecule has 6 nitrogen and oxygen atoms in total. The van der Waals surface area contributed by atoms with Gasteiger partial charge in [0.05, 0.1) is 22.7 Å².